The van der Waals surface area contributed by atoms with Crippen LogP contribution >= 0.6 is 0 Å². The summed E-state index contributed by atoms with van der Waals surface area (Å²) in [6, 6.07) is 10.8. The highest BCUT2D eigenvalue weighted by atomic mass is 16.5. The number of carbonyl (C=O) groups is 1. The van der Waals surface area contributed by atoms with E-state index in [4.69, 9.17) is 4.74 Å². The maximum Gasteiger partial charge on any atom is 0.339 e. The molecule has 7 nitrogen and oxygen atoms in total. The predicted molar refractivity (Wildman–Crippen MR) is 93.7 cm³/mol. The van der Waals surface area contributed by atoms with Crippen molar-refractivity contribution in [3.63, 3.8) is 0 Å². The van der Waals surface area contributed by atoms with E-state index in [1.165, 1.54) is 6.07 Å². The van der Waals surface area contributed by atoms with Crippen LogP contribution < -0.4 is 10.1 Å². The molecule has 0 aliphatic heterocycles. The van der Waals surface area contributed by atoms with Crippen LogP contribution in [0.25, 0.3) is 16.6 Å². The Labute approximate surface area is 142 Å². The van der Waals surface area contributed by atoms with Gasteiger partial charge in [0, 0.05) is 23.5 Å². The molecule has 2 N–H and O–H groups in total. The molecule has 0 fully saturated rings. The predicted octanol–water partition coefficient (Wildman–Crippen LogP) is 3.33. The summed E-state index contributed by atoms with van der Waals surface area (Å²) >= 11 is 0. The third-order valence-electron chi connectivity index (χ3n) is 3.97. The normalized spacial score (nSPS) is 10.9. The van der Waals surface area contributed by atoms with E-state index < -0.39 is 5.97 Å². The van der Waals surface area contributed by atoms with Gasteiger partial charge in [0.2, 0.25) is 0 Å². The van der Waals surface area contributed by atoms with Crippen LogP contribution in [-0.4, -0.2) is 32.6 Å². The topological polar surface area (TPSA) is 88.8 Å². The third-order valence-corrected chi connectivity index (χ3v) is 3.97. The van der Waals surface area contributed by atoms with Gasteiger partial charge in [-0.2, -0.15) is 0 Å². The number of nitrogens with one attached hydrogen (secondary N) is 1. The number of hydrogen-bond acceptors (Lipinski definition) is 5. The maximum absolute atomic E-state index is 11.4. The van der Waals surface area contributed by atoms with Crippen LogP contribution in [0.15, 0.2) is 55.0 Å². The molecule has 0 amide bonds. The average molecular weight is 334 g/mol. The van der Waals surface area contributed by atoms with Crippen molar-refractivity contribution in [1.29, 1.82) is 0 Å². The quantitative estimate of drug-likeness (QED) is 0.595. The number of ether oxygens (including phenoxy) is 1. The van der Waals surface area contributed by atoms with Gasteiger partial charge in [0.25, 0.3) is 0 Å². The zero-order valence-corrected chi connectivity index (χ0v) is 13.3. The van der Waals surface area contributed by atoms with Crippen LogP contribution in [0.2, 0.25) is 0 Å². The molecule has 0 atom stereocenters. The minimum Gasteiger partial charge on any atom is -0.497 e. The van der Waals surface area contributed by atoms with Gasteiger partial charge < -0.3 is 15.2 Å². The standard InChI is InChI=1S/C18H14N4O3/c1-25-12-4-2-11(3-5-12)20-16-13-6-8-19-10-15(13)22-9-7-14(18(23)24)17(22)21-16/h2-10H,1H3,(H,20,21)(H,23,24). The number of hydrogen-bond donors (Lipinski definition) is 2. The number of carboxylic acid groups (broad SMARTS) is 1. The highest BCUT2D eigenvalue weighted by molar-refractivity contribution is 5.99. The van der Waals surface area contributed by atoms with Gasteiger partial charge in [0.1, 0.15) is 17.1 Å². The summed E-state index contributed by atoms with van der Waals surface area (Å²) in [6.07, 6.45) is 5.05. The molecule has 0 saturated carbocycles. The fourth-order valence-electron chi connectivity index (χ4n) is 2.75. The molecular formula is C18H14N4O3. The third kappa shape index (κ3) is 2.51. The van der Waals surface area contributed by atoms with Gasteiger partial charge in [-0.15, -0.1) is 0 Å². The maximum atomic E-state index is 11.4. The summed E-state index contributed by atoms with van der Waals surface area (Å²) in [7, 11) is 1.61. The Kier molecular flexibility index (Phi) is 3.46. The first-order chi connectivity index (χ1) is 12.2. The lowest BCUT2D eigenvalue weighted by atomic mass is 10.2. The van der Waals surface area contributed by atoms with Gasteiger partial charge in [0.05, 0.1) is 18.8 Å². The van der Waals surface area contributed by atoms with Crippen LogP contribution in [0.4, 0.5) is 11.5 Å². The highest BCUT2D eigenvalue weighted by Crippen LogP contribution is 2.28. The SMILES string of the molecule is COc1ccc(Nc2nc3c(C(=O)O)ccn3c3cnccc23)cc1. The van der Waals surface area contributed by atoms with Crippen LogP contribution in [0, 0.1) is 0 Å². The average Bonchev–Trinajstić information content (AvgIpc) is 3.07. The molecule has 3 heterocycles. The summed E-state index contributed by atoms with van der Waals surface area (Å²) < 4.78 is 6.89. The lowest BCUT2D eigenvalue weighted by Gasteiger charge is -2.11. The van der Waals surface area contributed by atoms with Gasteiger partial charge in [-0.3, -0.25) is 9.38 Å². The van der Waals surface area contributed by atoms with Gasteiger partial charge in [0.15, 0.2) is 5.65 Å². The monoisotopic (exact) mass is 334 g/mol. The van der Waals surface area contributed by atoms with Crippen molar-refractivity contribution in [2.75, 3.05) is 12.4 Å². The zero-order chi connectivity index (χ0) is 17.4. The Hall–Kier alpha value is -3.61. The summed E-state index contributed by atoms with van der Waals surface area (Å²) in [5.41, 5.74) is 2.10. The molecule has 4 aromatic rings. The Morgan fingerprint density at radius 1 is 1.20 bits per heavy atom. The van der Waals surface area contributed by atoms with Gasteiger partial charge in [-0.25, -0.2) is 9.78 Å². The molecule has 0 bridgehead atoms. The van der Waals surface area contributed by atoms with Gasteiger partial charge in [-0.05, 0) is 36.4 Å². The van der Waals surface area contributed by atoms with Gasteiger partial charge >= 0.3 is 5.97 Å². The van der Waals surface area contributed by atoms with Crippen LogP contribution in [0.3, 0.4) is 0 Å². The first-order valence-electron chi connectivity index (χ1n) is 7.56. The van der Waals surface area contributed by atoms with Crippen molar-refractivity contribution in [2.24, 2.45) is 0 Å². The number of benzene rings is 1. The highest BCUT2D eigenvalue weighted by Gasteiger charge is 2.16. The number of rotatable bonds is 4. The van der Waals surface area contributed by atoms with Crippen LogP contribution in [0.1, 0.15) is 10.4 Å². The van der Waals surface area contributed by atoms with Crippen LogP contribution in [-0.2, 0) is 0 Å². The summed E-state index contributed by atoms with van der Waals surface area (Å²) in [5, 5.41) is 13.5. The number of aromatic nitrogens is 3. The number of anilines is 2. The van der Waals surface area contributed by atoms with E-state index in [-0.39, 0.29) is 5.56 Å². The first kappa shape index (κ1) is 14.9. The van der Waals surface area contributed by atoms with E-state index in [0.717, 1.165) is 22.3 Å². The first-order valence-corrected chi connectivity index (χ1v) is 7.56. The van der Waals surface area contributed by atoms with Crippen molar-refractivity contribution in [3.8, 4) is 5.75 Å². The van der Waals surface area contributed by atoms with Crippen molar-refractivity contribution < 1.29 is 14.6 Å². The summed E-state index contributed by atoms with van der Waals surface area (Å²) in [4.78, 5) is 20.1. The van der Waals surface area contributed by atoms with E-state index in [1.54, 1.807) is 30.1 Å². The molecule has 25 heavy (non-hydrogen) atoms. The molecule has 124 valence electrons. The summed E-state index contributed by atoms with van der Waals surface area (Å²) in [6.45, 7) is 0. The molecule has 3 aromatic heterocycles. The second-order valence-electron chi connectivity index (χ2n) is 5.43. The fraction of sp³-hybridized carbons (Fsp3) is 0.0556. The smallest absolute Gasteiger partial charge is 0.339 e. The Bertz CT molecular complexity index is 1090. The fourth-order valence-corrected chi connectivity index (χ4v) is 2.75. The van der Waals surface area contributed by atoms with Crippen molar-refractivity contribution >= 4 is 34.0 Å². The lowest BCUT2D eigenvalue weighted by Crippen LogP contribution is -2.02. The largest absolute Gasteiger partial charge is 0.497 e. The molecule has 1 aromatic carbocycles. The molecule has 0 radical (unpaired) electrons. The second kappa shape index (κ2) is 5.79. The number of methoxy groups -OCH3 is 1. The van der Waals surface area contributed by atoms with Crippen LogP contribution in [0.5, 0.6) is 5.75 Å². The minimum absolute atomic E-state index is 0.142. The van der Waals surface area contributed by atoms with E-state index in [1.807, 2.05) is 30.3 Å². The minimum atomic E-state index is -1.02. The van der Waals surface area contributed by atoms with E-state index in [0.29, 0.717) is 11.5 Å². The number of pyridine rings is 1. The number of aromatic carboxylic acids is 1. The Morgan fingerprint density at radius 2 is 2.00 bits per heavy atom. The lowest BCUT2D eigenvalue weighted by molar-refractivity contribution is 0.0699. The van der Waals surface area contributed by atoms with Crippen molar-refractivity contribution in [1.82, 2.24) is 14.4 Å². The Morgan fingerprint density at radius 3 is 2.72 bits per heavy atom. The van der Waals surface area contributed by atoms with Crippen molar-refractivity contribution in [3.05, 3.63) is 60.6 Å². The second-order valence-corrected chi connectivity index (χ2v) is 5.43. The van der Waals surface area contributed by atoms with E-state index in [2.05, 4.69) is 15.3 Å². The molecule has 0 saturated heterocycles. The molecule has 7 heteroatoms. The molecular weight excluding hydrogens is 320 g/mol. The molecule has 0 unspecified atom stereocenters. The number of nitrogens with zero attached hydrogens (tertiary/aromatic N) is 3. The van der Waals surface area contributed by atoms with E-state index in [9.17, 15) is 9.90 Å². The molecule has 0 spiro atoms. The molecule has 0 aliphatic rings. The van der Waals surface area contributed by atoms with E-state index >= 15 is 0 Å². The number of carboxylic acids is 1. The summed E-state index contributed by atoms with van der Waals surface area (Å²) in [5.74, 6) is 0.299. The Balaban J connectivity index is 1.90. The van der Waals surface area contributed by atoms with Crippen molar-refractivity contribution in [2.45, 2.75) is 0 Å². The zero-order valence-electron chi connectivity index (χ0n) is 13.3. The molecule has 4 rings (SSSR count). The van der Waals surface area contributed by atoms with Gasteiger partial charge in [-0.1, -0.05) is 0 Å². The number of fused-ring (bicyclic) bond motifs is 3. The molecule has 0 aliphatic carbocycles.